The van der Waals surface area contributed by atoms with Crippen LogP contribution in [0.25, 0.3) is 44.7 Å². The van der Waals surface area contributed by atoms with E-state index in [1.807, 2.05) is 0 Å². The average molecular weight is 2760 g/mol. The van der Waals surface area contributed by atoms with Gasteiger partial charge >= 0.3 is 84.3 Å². The molecule has 760 valence electrons. The summed E-state index contributed by atoms with van der Waals surface area (Å²) in [5, 5.41) is 12.1. The number of fused-ring (bicyclic) bond motifs is 4. The summed E-state index contributed by atoms with van der Waals surface area (Å²) >= 11 is 0. The number of nitrogens with two attached hydrogens (primary N) is 12. The van der Waals surface area contributed by atoms with E-state index >= 15 is 0 Å². The molecule has 0 aromatic carbocycles. The van der Waals surface area contributed by atoms with Crippen molar-refractivity contribution < 1.29 is 365 Å². The van der Waals surface area contributed by atoms with Crippen molar-refractivity contribution in [3.63, 3.8) is 0 Å². The summed E-state index contributed by atoms with van der Waals surface area (Å²) in [6.45, 7) is 12.5. The van der Waals surface area contributed by atoms with E-state index in [-0.39, 0.29) is 180 Å². The third kappa shape index (κ3) is 167. The first kappa shape index (κ1) is 174. The van der Waals surface area contributed by atoms with Crippen molar-refractivity contribution in [1.82, 2.24) is 101 Å². The molecule has 77 nitrogen and oxygen atoms in total. The Balaban J connectivity index is -0.0000000488. The maximum atomic E-state index is 11.0. The summed E-state index contributed by atoms with van der Waals surface area (Å²) in [7, 11) is -39.6. The minimum Gasteiger partial charge on any atom is -0.412 e. The zero-order chi connectivity index (χ0) is 89.5. The minimum absolute atomic E-state index is 0. The Bertz CT molecular complexity index is 3210. The Hall–Kier alpha value is -4.45. The van der Waals surface area contributed by atoms with Crippen molar-refractivity contribution in [2.45, 2.75) is 0 Å². The molecule has 0 aliphatic heterocycles. The summed E-state index contributed by atoms with van der Waals surface area (Å²) in [5.74, 6) is 0.313. The van der Waals surface area contributed by atoms with Crippen LogP contribution in [0.1, 0.15) is 0 Å². The maximum absolute atomic E-state index is 11.0. The van der Waals surface area contributed by atoms with Crippen LogP contribution in [0.2, 0.25) is 0 Å². The first-order valence-electron chi connectivity index (χ1n) is 26.9. The smallest absolute Gasteiger partial charge is 0.412 e. The molecule has 0 saturated heterocycles. The number of rotatable bonds is 16. The van der Waals surface area contributed by atoms with Crippen molar-refractivity contribution in [3.05, 3.63) is 66.7 Å². The monoisotopic (exact) mass is 2750 g/mol. The number of hydrogen-bond donors (Lipinski definition) is 24. The molecule has 8 aromatic rings. The first-order chi connectivity index (χ1) is 50.7. The van der Waals surface area contributed by atoms with Gasteiger partial charge in [0.25, 0.3) is 22.2 Å². The summed E-state index contributed by atoms with van der Waals surface area (Å²) in [6.07, 6.45) is 5.58. The van der Waals surface area contributed by atoms with Gasteiger partial charge in [0.05, 0.1) is 25.3 Å². The van der Waals surface area contributed by atoms with E-state index in [4.69, 9.17) is 218 Å². The van der Waals surface area contributed by atoms with Gasteiger partial charge in [-0.05, 0) is 0 Å². The van der Waals surface area contributed by atoms with Gasteiger partial charge < -0.3 is 159 Å². The zero-order valence-corrected chi connectivity index (χ0v) is 76.8. The van der Waals surface area contributed by atoms with Crippen molar-refractivity contribution in [2.75, 3.05) is 128 Å². The standard InChI is InChI=1S/4C5H5N5O.4C4H13N3.8ClHO4.9H2O.4Pt/c4*6-5-9-3-2(4(11)10-5)7-1-8-3;4*5-1-3-7-4-2-6;8*2-1(3,4)5;;;;;;;;;;;;;/h4*1H,(H4,6,7,8,9,10,11);4*7H,1-6H2;8*(H,2,3,4,5);9*1H2;;;;/q;;;;;;;;;;;;;;;;;;;;;;;;;4*+2/p-8. The van der Waals surface area contributed by atoms with Crippen LogP contribution in [0, 0.1) is 81.9 Å². The summed E-state index contributed by atoms with van der Waals surface area (Å²) in [6, 6.07) is 0. The van der Waals surface area contributed by atoms with Crippen LogP contribution >= 0.6 is 0 Å². The van der Waals surface area contributed by atoms with Gasteiger partial charge in [-0.15, -0.1) is 81.9 Å². The number of nitrogens with zero attached hydrogens (tertiary/aromatic N) is 8. The molecule has 54 N–H and O–H groups in total. The normalized spacial score (nSPS) is 9.66. The second-order valence-electron chi connectivity index (χ2n) is 16.5. The number of halogens is 8. The third-order valence-electron chi connectivity index (χ3n) is 7.83. The van der Waals surface area contributed by atoms with E-state index in [9.17, 15) is 19.2 Å². The predicted molar refractivity (Wildman–Crippen MR) is 312 cm³/mol. The van der Waals surface area contributed by atoms with Crippen molar-refractivity contribution in [2.24, 2.45) is 45.9 Å². The van der Waals surface area contributed by atoms with Crippen LogP contribution in [-0.2, 0) is 84.3 Å². The SMILES string of the molecule is NCCNCCN.NCCNCCN.NCCNCCN.NCCNCCN.Nc1nc2nc[nH]c2c(=O)[nH]1.Nc1nc2nc[nH]c2c(=O)[nH]1.Nc1nc2nc[nH]c2c(=O)[nH]1.Nc1nc2nc[nH]c2c(=O)[nH]1.O.O.O.O.O.O.O.O.O.[O-][Cl+3]([O-])([O-])[O-].[O-][Cl+3]([O-])([O-])[O-].[O-][Cl+3]([O-])([O-])[O-].[O-][Cl+3]([O-])([O-])[O-].[O-][Cl+3]([O-])([O-])[O-].[O-][Cl+3]([O-])([O-])[O-].[O-][Cl+3]([O-])([O-])[O-].[O-][Cl+3]([O-])([O-])[O-].[Pt+2].[Pt+2].[Pt+2].[Pt+2]. The van der Waals surface area contributed by atoms with Gasteiger partial charge in [0.1, 0.15) is 0 Å². The Kier molecular flexibility index (Phi) is 135. The second-order valence-corrected chi connectivity index (χ2v) is 22.6. The molecule has 0 fully saturated rings. The van der Waals surface area contributed by atoms with Crippen molar-refractivity contribution >= 4 is 68.4 Å². The molecule has 0 unspecified atom stereocenters. The van der Waals surface area contributed by atoms with E-state index in [0.29, 0.717) is 97.0 Å². The van der Waals surface area contributed by atoms with E-state index in [0.717, 1.165) is 52.4 Å². The Morgan fingerprint density at radius 2 is 0.328 bits per heavy atom. The van der Waals surface area contributed by atoms with Crippen LogP contribution in [0.15, 0.2) is 44.5 Å². The number of nitrogens with one attached hydrogen (secondary N) is 12. The molecule has 0 aliphatic rings. The van der Waals surface area contributed by atoms with Gasteiger partial charge in [-0.2, -0.15) is 19.9 Å². The van der Waals surface area contributed by atoms with E-state index in [2.05, 4.69) is 101 Å². The molecule has 8 rings (SSSR count). The first-order valence-corrected chi connectivity index (χ1v) is 36.7. The molecule has 0 aliphatic carbocycles. The van der Waals surface area contributed by atoms with Gasteiger partial charge in [-0.25, -0.2) is 169 Å². The van der Waals surface area contributed by atoms with Gasteiger partial charge in [0.2, 0.25) is 23.8 Å². The molecule has 0 atom stereocenters. The number of anilines is 4. The zero-order valence-electron chi connectivity index (χ0n) is 61.6. The fourth-order valence-corrected chi connectivity index (χ4v) is 4.76. The molecule has 0 radical (unpaired) electrons. The molecular weight excluding hydrogens is 2660 g/mol. The fourth-order valence-electron chi connectivity index (χ4n) is 4.76. The topological polar surface area (TPSA) is 1680 Å². The summed E-state index contributed by atoms with van der Waals surface area (Å²) in [4.78, 5) is 94.2. The quantitative estimate of drug-likeness (QED) is 0.0400. The molecule has 8 heterocycles. The maximum Gasteiger partial charge on any atom is 2.00 e. The number of aromatic amines is 8. The molecule has 0 saturated carbocycles. The van der Waals surface area contributed by atoms with Crippen LogP contribution in [-0.4, -0.2) is 234 Å². The number of aromatic nitrogens is 16. The number of imidazole rings is 4. The van der Waals surface area contributed by atoms with Gasteiger partial charge in [0.15, 0.2) is 44.7 Å². The van der Waals surface area contributed by atoms with Crippen molar-refractivity contribution in [3.8, 4) is 0 Å². The van der Waals surface area contributed by atoms with Gasteiger partial charge in [0, 0.05) is 105 Å². The minimum atomic E-state index is -4.94. The van der Waals surface area contributed by atoms with E-state index in [1.165, 1.54) is 25.3 Å². The summed E-state index contributed by atoms with van der Waals surface area (Å²) < 4.78 is 272. The summed E-state index contributed by atoms with van der Waals surface area (Å²) in [5.41, 5.74) is 63.9. The number of H-pyrrole nitrogens is 8. The largest absolute Gasteiger partial charge is 2.00 e. The molecule has 8 aromatic heterocycles. The molecule has 0 amide bonds. The van der Waals surface area contributed by atoms with Crippen LogP contribution in [0.3, 0.4) is 0 Å². The average Bonchev–Trinajstić information content (AvgIpc) is 1.73. The van der Waals surface area contributed by atoms with Gasteiger partial charge in [-0.3, -0.25) is 39.1 Å². The van der Waals surface area contributed by atoms with Crippen LogP contribution < -0.4 is 261 Å². The molecular formula is C36H90Cl8N32O45Pt4. The van der Waals surface area contributed by atoms with Crippen LogP contribution in [0.4, 0.5) is 23.8 Å². The van der Waals surface area contributed by atoms with Crippen LogP contribution in [0.5, 0.6) is 0 Å². The van der Waals surface area contributed by atoms with Crippen molar-refractivity contribution in [1.29, 1.82) is 0 Å². The Labute approximate surface area is 769 Å². The van der Waals surface area contributed by atoms with E-state index < -0.39 is 81.9 Å². The molecule has 0 bridgehead atoms. The van der Waals surface area contributed by atoms with Gasteiger partial charge in [-0.1, -0.05) is 0 Å². The second kappa shape index (κ2) is 97.1. The third-order valence-corrected chi connectivity index (χ3v) is 7.83. The fraction of sp³-hybridized carbons (Fsp3) is 0.444. The molecule has 125 heavy (non-hydrogen) atoms. The molecule has 0 spiro atoms. The van der Waals surface area contributed by atoms with E-state index in [1.54, 1.807) is 0 Å². The number of nitrogen functional groups attached to an aromatic ring is 4. The Morgan fingerprint density at radius 1 is 0.232 bits per heavy atom. The Morgan fingerprint density at radius 3 is 0.416 bits per heavy atom. The predicted octanol–water partition coefficient (Wildman–Crippen LogP) is -54.6. The number of hydrogen-bond acceptors (Lipinski definition) is 60. The molecule has 89 heteroatoms.